The third-order valence-corrected chi connectivity index (χ3v) is 10.9. The Balaban J connectivity index is 0.000000205. The van der Waals surface area contributed by atoms with Crippen LogP contribution in [0.3, 0.4) is 0 Å². The van der Waals surface area contributed by atoms with Crippen LogP contribution in [0.1, 0.15) is 79.3 Å². The highest BCUT2D eigenvalue weighted by Crippen LogP contribution is 2.40. The number of hydrogen-bond donors (Lipinski definition) is 3. The van der Waals surface area contributed by atoms with E-state index in [0.29, 0.717) is 27.9 Å². The van der Waals surface area contributed by atoms with Crippen molar-refractivity contribution in [2.45, 2.75) is 64.1 Å². The summed E-state index contributed by atoms with van der Waals surface area (Å²) in [4.78, 5) is 64.4. The van der Waals surface area contributed by atoms with Gasteiger partial charge in [0, 0.05) is 86.2 Å². The van der Waals surface area contributed by atoms with Crippen molar-refractivity contribution < 1.29 is 46.9 Å². The molecule has 8 rings (SSSR count). The fourth-order valence-corrected chi connectivity index (χ4v) is 7.33. The van der Waals surface area contributed by atoms with Gasteiger partial charge in [0.25, 0.3) is 0 Å². The van der Waals surface area contributed by atoms with E-state index >= 15 is 0 Å². The van der Waals surface area contributed by atoms with Gasteiger partial charge in [0.1, 0.15) is 40.0 Å². The van der Waals surface area contributed by atoms with E-state index in [0.717, 1.165) is 42.7 Å². The van der Waals surface area contributed by atoms with Crippen molar-refractivity contribution in [2.75, 3.05) is 68.5 Å². The molecule has 2 saturated heterocycles. The second kappa shape index (κ2) is 19.3. The van der Waals surface area contributed by atoms with Gasteiger partial charge in [-0.05, 0) is 77.8 Å². The van der Waals surface area contributed by atoms with E-state index < -0.39 is 57.5 Å². The fourth-order valence-electron chi connectivity index (χ4n) is 7.33. The van der Waals surface area contributed by atoms with E-state index in [1.165, 1.54) is 25.5 Å². The third kappa shape index (κ3) is 10.5. The van der Waals surface area contributed by atoms with Crippen LogP contribution in [-0.4, -0.2) is 107 Å². The number of carboxylic acids is 2. The number of aromatic nitrogens is 2. The third-order valence-electron chi connectivity index (χ3n) is 10.9. The lowest BCUT2D eigenvalue weighted by atomic mass is 10.0. The van der Waals surface area contributed by atoms with E-state index in [2.05, 4.69) is 5.32 Å². The molecule has 64 heavy (non-hydrogen) atoms. The molecule has 4 aliphatic rings. The van der Waals surface area contributed by atoms with Crippen LogP contribution in [0.25, 0.3) is 21.8 Å². The maximum atomic E-state index is 14.9. The molecule has 2 aromatic heterocycles. The summed E-state index contributed by atoms with van der Waals surface area (Å²) in [5, 5.41) is 21.6. The number of hydrogen-bond acceptors (Lipinski definition) is 9. The smallest absolute Gasteiger partial charge is 0.410 e. The molecule has 0 bridgehead atoms. The number of fused-ring (bicyclic) bond motifs is 2. The number of benzene rings is 2. The van der Waals surface area contributed by atoms with E-state index in [9.17, 15) is 51.7 Å². The number of carboxylic acid groups (broad SMARTS) is 2. The number of amides is 1. The van der Waals surface area contributed by atoms with Crippen molar-refractivity contribution in [1.29, 1.82) is 0 Å². The van der Waals surface area contributed by atoms with Gasteiger partial charge >= 0.3 is 18.0 Å². The highest BCUT2D eigenvalue weighted by Gasteiger charge is 2.33. The van der Waals surface area contributed by atoms with E-state index in [1.54, 1.807) is 52.8 Å². The molecule has 4 fully saturated rings. The largest absolute Gasteiger partial charge is 0.477 e. The standard InChI is InChI=1S/C24H27F2N3O5.C19H19F2N3O3.CH2Cl2/c1-24(2,3)34-23(33)27(4)12-18(26)13-9-28(10-13)20-8-19-15(7-17(20)25)21(30)16(22(31)32)11-29(19)14-5-6-14;1-22-6-15(21)10-7-23(8-10)17-5-16-12(4-14(17)20)18(25)13(19(26)27)9-24(16)11-2-3-11;2-1-3/h7-8,11,14H,5-6,9-10,12H2,1-4H3,(H,31,32);4-5,9,11,22H,2-3,6-8H2,1H3,(H,26,27);1H2. The lowest BCUT2D eigenvalue weighted by Crippen LogP contribution is -2.43. The summed E-state index contributed by atoms with van der Waals surface area (Å²) in [6.45, 7) is 5.91. The maximum Gasteiger partial charge on any atom is 0.410 e. The van der Waals surface area contributed by atoms with Gasteiger partial charge in [-0.15, -0.1) is 23.2 Å². The van der Waals surface area contributed by atoms with E-state index in [1.807, 2.05) is 0 Å². The molecule has 2 aliphatic carbocycles. The maximum absolute atomic E-state index is 14.9. The number of carbonyl (C=O) groups excluding carboxylic acids is 1. The van der Waals surface area contributed by atoms with Gasteiger partial charge in [-0.3, -0.25) is 9.59 Å². The summed E-state index contributed by atoms with van der Waals surface area (Å²) in [6.07, 6.45) is 5.48. The molecule has 3 N–H and O–H groups in total. The first-order valence-corrected chi connectivity index (χ1v) is 21.4. The number of aromatic carboxylic acids is 2. The van der Waals surface area contributed by atoms with Gasteiger partial charge in [0.05, 0.1) is 34.3 Å². The number of nitrogens with zero attached hydrogens (tertiary/aromatic N) is 5. The van der Waals surface area contributed by atoms with Crippen molar-refractivity contribution in [2.24, 2.45) is 0 Å². The summed E-state index contributed by atoms with van der Waals surface area (Å²) in [7, 11) is 3.10. The van der Waals surface area contributed by atoms with Gasteiger partial charge in [-0.1, -0.05) is 0 Å². The van der Waals surface area contributed by atoms with Gasteiger partial charge in [0.2, 0.25) is 10.9 Å². The lowest BCUT2D eigenvalue weighted by molar-refractivity contribution is 0.0304. The van der Waals surface area contributed by atoms with Crippen LogP contribution >= 0.6 is 23.2 Å². The molecular weight excluding hydrogens is 887 g/mol. The Morgan fingerprint density at radius 2 is 1.16 bits per heavy atom. The summed E-state index contributed by atoms with van der Waals surface area (Å²) >= 11 is 9.53. The Bertz CT molecular complexity index is 2690. The van der Waals surface area contributed by atoms with Crippen molar-refractivity contribution in [3.63, 3.8) is 0 Å². The first-order valence-electron chi connectivity index (χ1n) is 20.3. The minimum absolute atomic E-state index is 0.00880. The van der Waals surface area contributed by atoms with Crippen molar-refractivity contribution in [1.82, 2.24) is 19.4 Å². The SMILES string of the molecule is CN(CC(F)=C1CN(c2cc3c(cc2F)c(=O)c(C(=O)O)cn3C2CC2)C1)C(=O)OC(C)(C)C.CNCC(F)=C1CN(c2cc3c(cc2F)c(=O)c(C(=O)O)cn3C2CC2)C1.ClCCl. The molecule has 0 spiro atoms. The number of ether oxygens (including phenoxy) is 1. The number of nitrogens with one attached hydrogen (secondary N) is 1. The second-order valence-electron chi connectivity index (χ2n) is 17.0. The van der Waals surface area contributed by atoms with Crippen LogP contribution in [0.2, 0.25) is 0 Å². The Labute approximate surface area is 374 Å². The first kappa shape index (κ1) is 47.9. The molecule has 2 saturated carbocycles. The quantitative estimate of drug-likeness (QED) is 0.104. The molecule has 14 nitrogen and oxygen atoms in total. The van der Waals surface area contributed by atoms with Gasteiger partial charge in [0.15, 0.2) is 0 Å². The summed E-state index contributed by atoms with van der Waals surface area (Å²) < 4.78 is 66.8. The Morgan fingerprint density at radius 1 is 0.766 bits per heavy atom. The molecular formula is C44H48Cl2F4N6O8. The Hall–Kier alpha value is -5.59. The first-order chi connectivity index (χ1) is 30.2. The molecule has 0 radical (unpaired) electrons. The molecule has 1 amide bonds. The fraction of sp³-hybridized carbons (Fsp3) is 0.432. The molecule has 20 heteroatoms. The molecule has 2 aliphatic heterocycles. The highest BCUT2D eigenvalue weighted by atomic mass is 35.5. The molecule has 0 atom stereocenters. The van der Waals surface area contributed by atoms with Crippen LogP contribution in [0.15, 0.2) is 69.0 Å². The molecule has 4 heterocycles. The van der Waals surface area contributed by atoms with Crippen molar-refractivity contribution >= 4 is 74.4 Å². The number of carbonyl (C=O) groups is 3. The number of rotatable bonds is 10. The van der Waals surface area contributed by atoms with Crippen LogP contribution in [0.5, 0.6) is 0 Å². The van der Waals surface area contributed by atoms with Crippen molar-refractivity contribution in [3.05, 3.63) is 103 Å². The highest BCUT2D eigenvalue weighted by molar-refractivity contribution is 6.40. The molecule has 4 aromatic rings. The topological polar surface area (TPSA) is 167 Å². The van der Waals surface area contributed by atoms with Crippen LogP contribution in [0.4, 0.5) is 33.7 Å². The van der Waals surface area contributed by atoms with Gasteiger partial charge in [-0.25, -0.2) is 31.9 Å². The number of anilines is 2. The van der Waals surface area contributed by atoms with E-state index in [4.69, 9.17) is 27.9 Å². The van der Waals surface area contributed by atoms with Crippen LogP contribution in [-0.2, 0) is 4.74 Å². The van der Waals surface area contributed by atoms with Crippen LogP contribution in [0, 0.1) is 11.6 Å². The number of pyridine rings is 2. The Morgan fingerprint density at radius 3 is 1.50 bits per heavy atom. The van der Waals surface area contributed by atoms with Crippen LogP contribution < -0.4 is 26.0 Å². The second-order valence-corrected chi connectivity index (χ2v) is 17.8. The summed E-state index contributed by atoms with van der Waals surface area (Å²) in [5.41, 5.74) is -0.339. The monoisotopic (exact) mass is 934 g/mol. The zero-order valence-corrected chi connectivity index (χ0v) is 37.3. The van der Waals surface area contributed by atoms with Gasteiger partial charge in [-0.2, -0.15) is 0 Å². The summed E-state index contributed by atoms with van der Waals surface area (Å²) in [5.74, 6) is -4.69. The average molecular weight is 936 g/mol. The Kier molecular flexibility index (Phi) is 14.4. The zero-order valence-electron chi connectivity index (χ0n) is 35.7. The lowest BCUT2D eigenvalue weighted by Gasteiger charge is -2.37. The van der Waals surface area contributed by atoms with Crippen molar-refractivity contribution in [3.8, 4) is 0 Å². The zero-order chi connectivity index (χ0) is 46.9. The molecule has 344 valence electrons. The average Bonchev–Trinajstić information content (AvgIpc) is 4.10. The minimum Gasteiger partial charge on any atom is -0.477 e. The predicted octanol–water partition coefficient (Wildman–Crippen LogP) is 7.94. The number of halogens is 6. The summed E-state index contributed by atoms with van der Waals surface area (Å²) in [6, 6.07) is 5.44. The molecule has 2 aromatic carbocycles. The number of alkyl halides is 2. The normalized spacial score (nSPS) is 15.7. The predicted molar refractivity (Wildman–Crippen MR) is 237 cm³/mol. The van der Waals surface area contributed by atoms with E-state index in [-0.39, 0.29) is 84.5 Å². The number of likely N-dealkylation sites (N-methyl/N-ethyl adjacent to an activating group) is 2. The molecule has 0 unspecified atom stereocenters. The van der Waals surface area contributed by atoms with Gasteiger partial charge < -0.3 is 44.1 Å². The minimum atomic E-state index is -1.35.